The predicted molar refractivity (Wildman–Crippen MR) is 79.2 cm³/mol. The molecule has 0 N–H and O–H groups in total. The molecule has 1 heterocycles. The number of ketones is 1. The van der Waals surface area contributed by atoms with Crippen LogP contribution in [0.4, 0.5) is 8.78 Å². The molecule has 1 aliphatic rings. The van der Waals surface area contributed by atoms with Crippen LogP contribution in [-0.4, -0.2) is 29.3 Å². The molecular formula is C17H23F2NO. The first-order chi connectivity index (χ1) is 10.0. The molecule has 0 aromatic heterocycles. The number of nitrogens with zero attached hydrogens (tertiary/aromatic N) is 1. The van der Waals surface area contributed by atoms with Gasteiger partial charge < -0.3 is 0 Å². The first kappa shape index (κ1) is 16.1. The minimum atomic E-state index is -0.627. The molecule has 0 unspecified atom stereocenters. The van der Waals surface area contributed by atoms with E-state index in [1.165, 1.54) is 12.1 Å². The Kier molecular flexibility index (Phi) is 5.09. The molecule has 0 spiro atoms. The molecule has 4 heteroatoms. The number of carbonyl (C=O) groups excluding carboxylic acids is 1. The summed E-state index contributed by atoms with van der Waals surface area (Å²) in [5.41, 5.74) is -0.0674. The lowest BCUT2D eigenvalue weighted by Crippen LogP contribution is -2.53. The molecule has 0 aliphatic carbocycles. The summed E-state index contributed by atoms with van der Waals surface area (Å²) in [6, 6.07) is 3.34. The fourth-order valence-corrected chi connectivity index (χ4v) is 3.48. The highest BCUT2D eigenvalue weighted by Crippen LogP contribution is 2.30. The van der Waals surface area contributed by atoms with Crippen molar-refractivity contribution in [3.05, 3.63) is 35.4 Å². The number of carbonyl (C=O) groups is 1. The number of hydrogen-bond donors (Lipinski definition) is 0. The Morgan fingerprint density at radius 2 is 1.62 bits per heavy atom. The quantitative estimate of drug-likeness (QED) is 0.797. The maximum Gasteiger partial charge on any atom is 0.157 e. The van der Waals surface area contributed by atoms with E-state index in [9.17, 15) is 13.6 Å². The molecule has 2 nitrogen and oxygen atoms in total. The second-order valence-corrected chi connectivity index (χ2v) is 5.81. The predicted octanol–water partition coefficient (Wildman–Crippen LogP) is 3.73. The van der Waals surface area contributed by atoms with Crippen molar-refractivity contribution in [2.24, 2.45) is 0 Å². The summed E-state index contributed by atoms with van der Waals surface area (Å²) in [5, 5.41) is 0. The van der Waals surface area contributed by atoms with Gasteiger partial charge in [0.2, 0.25) is 0 Å². The third-order valence-corrected chi connectivity index (χ3v) is 4.69. The summed E-state index contributed by atoms with van der Waals surface area (Å²) >= 11 is 0. The molecule has 0 saturated carbocycles. The van der Waals surface area contributed by atoms with Crippen molar-refractivity contribution in [1.29, 1.82) is 0 Å². The van der Waals surface area contributed by atoms with Crippen LogP contribution in [-0.2, 0) is 11.2 Å². The normalized spacial score (nSPS) is 16.4. The Hall–Kier alpha value is -1.29. The average molecular weight is 295 g/mol. The largest absolute Gasteiger partial charge is 0.297 e. The summed E-state index contributed by atoms with van der Waals surface area (Å²) in [7, 11) is 0. The van der Waals surface area contributed by atoms with E-state index in [-0.39, 0.29) is 12.2 Å². The van der Waals surface area contributed by atoms with Crippen molar-refractivity contribution in [2.75, 3.05) is 13.1 Å². The van der Waals surface area contributed by atoms with Gasteiger partial charge in [-0.05, 0) is 56.5 Å². The molecule has 0 radical (unpaired) electrons. The molecule has 2 rings (SSSR count). The van der Waals surface area contributed by atoms with Crippen LogP contribution in [0.5, 0.6) is 0 Å². The minimum Gasteiger partial charge on any atom is -0.297 e. The van der Waals surface area contributed by atoms with E-state index >= 15 is 0 Å². The second kappa shape index (κ2) is 6.65. The lowest BCUT2D eigenvalue weighted by molar-refractivity contribution is -0.130. The van der Waals surface area contributed by atoms with Gasteiger partial charge >= 0.3 is 0 Å². The molecule has 1 saturated heterocycles. The molecule has 0 atom stereocenters. The summed E-state index contributed by atoms with van der Waals surface area (Å²) in [5.74, 6) is -1.19. The van der Waals surface area contributed by atoms with Crippen LogP contribution in [0.2, 0.25) is 0 Å². The number of benzene rings is 1. The number of Topliss-reactive ketones (excluding diaryl/α,β-unsaturated/α-hetero) is 1. The lowest BCUT2D eigenvalue weighted by Gasteiger charge is -2.39. The highest BCUT2D eigenvalue weighted by atomic mass is 19.1. The highest BCUT2D eigenvalue weighted by molar-refractivity contribution is 5.90. The van der Waals surface area contributed by atoms with Gasteiger partial charge in [-0.1, -0.05) is 13.8 Å². The van der Waals surface area contributed by atoms with Crippen molar-refractivity contribution in [3.8, 4) is 0 Å². The van der Waals surface area contributed by atoms with Crippen LogP contribution in [0.25, 0.3) is 0 Å². The van der Waals surface area contributed by atoms with Gasteiger partial charge in [0.05, 0.1) is 5.54 Å². The van der Waals surface area contributed by atoms with E-state index in [0.29, 0.717) is 5.56 Å². The average Bonchev–Trinajstić information content (AvgIpc) is 2.94. The van der Waals surface area contributed by atoms with Gasteiger partial charge in [-0.2, -0.15) is 0 Å². The summed E-state index contributed by atoms with van der Waals surface area (Å²) < 4.78 is 26.6. The van der Waals surface area contributed by atoms with Gasteiger partial charge in [-0.25, -0.2) is 8.78 Å². The Labute approximate surface area is 125 Å². The number of hydrogen-bond acceptors (Lipinski definition) is 2. The smallest absolute Gasteiger partial charge is 0.157 e. The molecule has 21 heavy (non-hydrogen) atoms. The highest BCUT2D eigenvalue weighted by Gasteiger charge is 2.41. The van der Waals surface area contributed by atoms with E-state index < -0.39 is 17.2 Å². The zero-order chi connectivity index (χ0) is 15.5. The number of likely N-dealkylation sites (tertiary alicyclic amines) is 1. The first-order valence-electron chi connectivity index (χ1n) is 7.75. The van der Waals surface area contributed by atoms with Crippen LogP contribution in [0.15, 0.2) is 18.2 Å². The molecular weight excluding hydrogens is 272 g/mol. The molecule has 1 aromatic carbocycles. The van der Waals surface area contributed by atoms with Crippen molar-refractivity contribution < 1.29 is 13.6 Å². The summed E-state index contributed by atoms with van der Waals surface area (Å²) in [6.07, 6.45) is 3.79. The Bertz CT molecular complexity index is 485. The van der Waals surface area contributed by atoms with E-state index in [4.69, 9.17) is 0 Å². The van der Waals surface area contributed by atoms with E-state index in [1.54, 1.807) is 0 Å². The van der Waals surface area contributed by atoms with Crippen molar-refractivity contribution in [1.82, 2.24) is 4.90 Å². The van der Waals surface area contributed by atoms with Gasteiger partial charge in [-0.15, -0.1) is 0 Å². The Balaban J connectivity index is 2.22. The van der Waals surface area contributed by atoms with Crippen LogP contribution < -0.4 is 0 Å². The minimum absolute atomic E-state index is 0.0689. The zero-order valence-corrected chi connectivity index (χ0v) is 12.8. The van der Waals surface area contributed by atoms with Crippen molar-refractivity contribution in [2.45, 2.75) is 51.5 Å². The Morgan fingerprint density at radius 1 is 1.10 bits per heavy atom. The summed E-state index contributed by atoms with van der Waals surface area (Å²) in [4.78, 5) is 15.1. The van der Waals surface area contributed by atoms with Gasteiger partial charge in [0.25, 0.3) is 0 Å². The van der Waals surface area contributed by atoms with Gasteiger partial charge in [0.1, 0.15) is 11.6 Å². The van der Waals surface area contributed by atoms with E-state index in [1.807, 2.05) is 13.8 Å². The first-order valence-corrected chi connectivity index (χ1v) is 7.75. The van der Waals surface area contributed by atoms with Crippen LogP contribution in [0.1, 0.15) is 45.1 Å². The lowest BCUT2D eigenvalue weighted by atomic mass is 9.83. The third kappa shape index (κ3) is 3.31. The van der Waals surface area contributed by atoms with Crippen LogP contribution >= 0.6 is 0 Å². The maximum absolute atomic E-state index is 13.3. The maximum atomic E-state index is 13.3. The van der Waals surface area contributed by atoms with Gasteiger partial charge in [-0.3, -0.25) is 9.69 Å². The van der Waals surface area contributed by atoms with E-state index in [2.05, 4.69) is 4.90 Å². The topological polar surface area (TPSA) is 20.3 Å². The van der Waals surface area contributed by atoms with Crippen LogP contribution in [0.3, 0.4) is 0 Å². The molecule has 1 aliphatic heterocycles. The van der Waals surface area contributed by atoms with Crippen LogP contribution in [0, 0.1) is 11.6 Å². The SMILES string of the molecule is CCC(CC)(C(=O)Cc1cc(F)cc(F)c1)N1CCCC1. The molecule has 0 amide bonds. The fourth-order valence-electron chi connectivity index (χ4n) is 3.48. The third-order valence-electron chi connectivity index (χ3n) is 4.69. The Morgan fingerprint density at radius 3 is 2.10 bits per heavy atom. The summed E-state index contributed by atoms with van der Waals surface area (Å²) in [6.45, 7) is 5.91. The van der Waals surface area contributed by atoms with Gasteiger partial charge in [0.15, 0.2) is 5.78 Å². The zero-order valence-electron chi connectivity index (χ0n) is 12.8. The standard InChI is InChI=1S/C17H23F2NO/c1-3-17(4-2,20-7-5-6-8-20)16(21)11-13-9-14(18)12-15(19)10-13/h9-10,12H,3-8,11H2,1-2H3. The molecule has 0 bridgehead atoms. The molecule has 1 fully saturated rings. The molecule has 116 valence electrons. The van der Waals surface area contributed by atoms with E-state index in [0.717, 1.165) is 44.8 Å². The fraction of sp³-hybridized carbons (Fsp3) is 0.588. The number of halogens is 2. The van der Waals surface area contributed by atoms with Crippen molar-refractivity contribution >= 4 is 5.78 Å². The van der Waals surface area contributed by atoms with Gasteiger partial charge in [0, 0.05) is 12.5 Å². The molecule has 1 aromatic rings. The monoisotopic (exact) mass is 295 g/mol. The number of rotatable bonds is 6. The van der Waals surface area contributed by atoms with Crippen molar-refractivity contribution in [3.63, 3.8) is 0 Å². The second-order valence-electron chi connectivity index (χ2n) is 5.81.